The van der Waals surface area contributed by atoms with Crippen molar-refractivity contribution in [3.8, 4) is 0 Å². The molecule has 0 bridgehead atoms. The van der Waals surface area contributed by atoms with E-state index in [0.717, 1.165) is 0 Å². The van der Waals surface area contributed by atoms with Crippen LogP contribution in [0.15, 0.2) is 0 Å². The fourth-order valence-electron chi connectivity index (χ4n) is 0. The van der Waals surface area contributed by atoms with Gasteiger partial charge in [0.25, 0.3) is 0 Å². The molecule has 0 saturated carbocycles. The molecule has 0 aromatic rings. The van der Waals surface area contributed by atoms with Crippen LogP contribution < -0.4 is 0 Å². The van der Waals surface area contributed by atoms with Crippen LogP contribution in [0, 0.1) is 0 Å². The first kappa shape index (κ1) is 41.8. The number of hydrogen-bond donors (Lipinski definition) is 0. The second-order valence-electron chi connectivity index (χ2n) is 0. The summed E-state index contributed by atoms with van der Waals surface area (Å²) in [5.74, 6) is 0. The van der Waals surface area contributed by atoms with Crippen molar-refractivity contribution in [3.63, 3.8) is 0 Å². The molecule has 0 fully saturated rings. The standard InChI is InChI=1S/Cu.Ga.In.H2Se.Zn.6H/h;;;1H2;;;;;;;. The molecule has 0 nitrogen and oxygen atoms in total. The Bertz CT molecular complexity index is 11.6. The van der Waals surface area contributed by atoms with Gasteiger partial charge in [-0.15, -0.1) is 0 Å². The smallest absolute Gasteiger partial charge is 0 e. The largest absolute Gasteiger partial charge is 0 e. The molecule has 0 unspecified atom stereocenters. The summed E-state index contributed by atoms with van der Waals surface area (Å²) < 4.78 is 0. The number of rotatable bonds is 0. The van der Waals surface area contributed by atoms with E-state index in [2.05, 4.69) is 0 Å². The Kier molecular flexibility index (Phi) is 227. The summed E-state index contributed by atoms with van der Waals surface area (Å²) in [5, 5.41) is 0. The fraction of sp³-hybridized carbons (Fsp3) is 0. The van der Waals surface area contributed by atoms with Crippen molar-refractivity contribution in [2.45, 2.75) is 0 Å². The maximum atomic E-state index is 0. The molecule has 0 atom stereocenters. The van der Waals surface area contributed by atoms with Gasteiger partial charge in [-0.2, -0.15) is 0 Å². The average Bonchev–Trinajstić information content (AvgIpc) is 0. The van der Waals surface area contributed by atoms with Crippen molar-refractivity contribution in [1.29, 1.82) is 0 Å². The van der Waals surface area contributed by atoms with E-state index in [1.807, 2.05) is 0 Å². The van der Waals surface area contributed by atoms with Gasteiger partial charge < -0.3 is 0 Å². The zero-order valence-corrected chi connectivity index (χ0v) is 7.52. The minimum Gasteiger partial charge on any atom is 0 e. The van der Waals surface area contributed by atoms with Gasteiger partial charge in [0.2, 0.25) is 0 Å². The summed E-state index contributed by atoms with van der Waals surface area (Å²) in [5.41, 5.74) is 0. The van der Waals surface area contributed by atoms with Gasteiger partial charge in [0.05, 0.1) is 0 Å². The van der Waals surface area contributed by atoms with Crippen LogP contribution in [0.1, 0.15) is 0 Å². The van der Waals surface area contributed by atoms with Crippen LogP contribution in [0.2, 0.25) is 0 Å². The second-order valence-corrected chi connectivity index (χ2v) is 0. The number of hydrogen-bond acceptors (Lipinski definition) is 0. The van der Waals surface area contributed by atoms with Gasteiger partial charge in [0, 0.05) is 36.5 Å². The molecule has 5 heavy (non-hydrogen) atoms. The summed E-state index contributed by atoms with van der Waals surface area (Å²) in [4.78, 5) is 0. The molecular weight excluding hydrogens is 392 g/mol. The Balaban J connectivity index is 0. The van der Waals surface area contributed by atoms with E-state index < -0.39 is 0 Å². The van der Waals surface area contributed by atoms with E-state index in [0.29, 0.717) is 0 Å². The summed E-state index contributed by atoms with van der Waals surface area (Å²) in [6.07, 6.45) is 0. The quantitative estimate of drug-likeness (QED) is 0.374. The summed E-state index contributed by atoms with van der Waals surface area (Å²) >= 11 is 0. The van der Waals surface area contributed by atoms with Crippen LogP contribution in [-0.2, 0) is 36.5 Å². The van der Waals surface area contributed by atoms with Gasteiger partial charge in [-0.05, 0) is 0 Å². The Morgan fingerprint density at radius 3 is 1.00 bits per heavy atom. The molecule has 0 heterocycles. The molecule has 0 aliphatic rings. The molecule has 0 rings (SSSR count). The monoisotopic (exact) mass is 399 g/mol. The van der Waals surface area contributed by atoms with Crippen LogP contribution in [0.5, 0.6) is 0 Å². The first-order chi connectivity index (χ1) is 0. The normalized spacial score (nSPS) is 0. The third kappa shape index (κ3) is 19.1. The predicted molar refractivity (Wildman–Crippen MR) is 28.4 cm³/mol. The molecular formula is H8CuGaInSeZn. The first-order valence-electron chi connectivity index (χ1n) is 0. The van der Waals surface area contributed by atoms with E-state index in [-0.39, 0.29) is 99.2 Å². The average molecular weight is 401 g/mol. The topological polar surface area (TPSA) is 0 Å². The molecule has 1 radical (unpaired) electrons. The third-order valence-corrected chi connectivity index (χ3v) is 0. The maximum Gasteiger partial charge on any atom is 0 e. The molecule has 0 spiro atoms. The van der Waals surface area contributed by atoms with Crippen molar-refractivity contribution in [1.82, 2.24) is 0 Å². The van der Waals surface area contributed by atoms with Gasteiger partial charge in [-0.25, -0.2) is 0 Å². The van der Waals surface area contributed by atoms with Crippen LogP contribution in [-0.4, -0.2) is 62.7 Å². The van der Waals surface area contributed by atoms with E-state index in [4.69, 9.17) is 0 Å². The zero-order valence-electron chi connectivity index (χ0n) is 1.51. The minimum atomic E-state index is 0. The SMILES string of the molecule is [Cu].[GaH3].[InH3].[SeH2].[Zn]. The van der Waals surface area contributed by atoms with Gasteiger partial charge in [0.1, 0.15) is 0 Å². The van der Waals surface area contributed by atoms with E-state index in [1.165, 1.54) is 0 Å². The van der Waals surface area contributed by atoms with Gasteiger partial charge in [0.15, 0.2) is 0 Å². The molecule has 0 aromatic carbocycles. The minimum absolute atomic E-state index is 0. The molecule has 0 aliphatic heterocycles. The third-order valence-electron chi connectivity index (χ3n) is 0. The van der Waals surface area contributed by atoms with E-state index in [9.17, 15) is 0 Å². The van der Waals surface area contributed by atoms with Crippen LogP contribution in [0.3, 0.4) is 0 Å². The van der Waals surface area contributed by atoms with Crippen molar-refractivity contribution in [2.75, 3.05) is 0 Å². The Hall–Kier alpha value is 3.17. The molecule has 0 amide bonds. The Labute approximate surface area is 97.5 Å². The van der Waals surface area contributed by atoms with Crippen LogP contribution in [0.4, 0.5) is 0 Å². The summed E-state index contributed by atoms with van der Waals surface area (Å²) in [6, 6.07) is 0. The zero-order chi connectivity index (χ0) is 0. The molecule has 5 heteroatoms. The Morgan fingerprint density at radius 2 is 1.00 bits per heavy atom. The van der Waals surface area contributed by atoms with Gasteiger partial charge in [-0.1, -0.05) is 0 Å². The summed E-state index contributed by atoms with van der Waals surface area (Å²) in [7, 11) is 0. The van der Waals surface area contributed by atoms with Gasteiger partial charge in [-0.3, -0.25) is 0 Å². The molecule has 0 saturated heterocycles. The van der Waals surface area contributed by atoms with Crippen molar-refractivity contribution in [3.05, 3.63) is 0 Å². The molecule has 0 aliphatic carbocycles. The molecule has 0 N–H and O–H groups in total. The van der Waals surface area contributed by atoms with Crippen LogP contribution in [0.25, 0.3) is 0 Å². The summed E-state index contributed by atoms with van der Waals surface area (Å²) in [6.45, 7) is 0. The van der Waals surface area contributed by atoms with E-state index >= 15 is 0 Å². The Morgan fingerprint density at radius 1 is 1.00 bits per heavy atom. The van der Waals surface area contributed by atoms with Crippen molar-refractivity contribution >= 4 is 62.7 Å². The van der Waals surface area contributed by atoms with Crippen molar-refractivity contribution < 1.29 is 36.5 Å². The van der Waals surface area contributed by atoms with Crippen LogP contribution >= 0.6 is 0 Å². The van der Waals surface area contributed by atoms with E-state index in [1.54, 1.807) is 0 Å². The maximum absolute atomic E-state index is 0. The fourth-order valence-corrected chi connectivity index (χ4v) is 0. The molecule has 33 valence electrons. The predicted octanol–water partition coefficient (Wildman–Crippen LogP) is -3.29. The first-order valence-corrected chi connectivity index (χ1v) is 0. The van der Waals surface area contributed by atoms with Crippen molar-refractivity contribution in [2.24, 2.45) is 0 Å². The second kappa shape index (κ2) is 27.2. The molecule has 0 aromatic heterocycles. The van der Waals surface area contributed by atoms with Gasteiger partial charge >= 0.3 is 62.7 Å².